The van der Waals surface area contributed by atoms with Crippen LogP contribution in [0.1, 0.15) is 24.5 Å². The average molecular weight is 429 g/mol. The summed E-state index contributed by atoms with van der Waals surface area (Å²) in [6.07, 6.45) is 2.33. The number of amides is 1. The molecule has 2 rings (SSSR count). The van der Waals surface area contributed by atoms with Gasteiger partial charge in [0.05, 0.1) is 11.6 Å². The van der Waals surface area contributed by atoms with Gasteiger partial charge in [0.1, 0.15) is 18.2 Å². The highest BCUT2D eigenvalue weighted by atomic mass is 79.9. The van der Waals surface area contributed by atoms with Crippen LogP contribution in [0.4, 0.5) is 0 Å². The van der Waals surface area contributed by atoms with E-state index in [4.69, 9.17) is 9.47 Å². The van der Waals surface area contributed by atoms with Crippen LogP contribution in [0.5, 0.6) is 11.5 Å². The van der Waals surface area contributed by atoms with Crippen molar-refractivity contribution in [3.63, 3.8) is 0 Å². The first-order valence-corrected chi connectivity index (χ1v) is 9.32. The number of nitrogens with one attached hydrogen (secondary N) is 1. The molecule has 6 heteroatoms. The van der Waals surface area contributed by atoms with Crippen LogP contribution in [0.15, 0.2) is 52.5 Å². The van der Waals surface area contributed by atoms with Crippen molar-refractivity contribution in [2.45, 2.75) is 20.0 Å². The minimum atomic E-state index is -0.390. The number of hydrogen-bond donors (Lipinski definition) is 1. The van der Waals surface area contributed by atoms with Gasteiger partial charge in [-0.3, -0.25) is 4.79 Å². The number of halogens is 1. The van der Waals surface area contributed by atoms with Crippen LogP contribution in [-0.2, 0) is 11.4 Å². The van der Waals surface area contributed by atoms with E-state index in [0.29, 0.717) is 34.7 Å². The zero-order valence-electron chi connectivity index (χ0n) is 15.3. The minimum absolute atomic E-state index is 0.0374. The van der Waals surface area contributed by atoms with Crippen LogP contribution >= 0.6 is 15.9 Å². The Hall–Kier alpha value is -2.78. The lowest BCUT2D eigenvalue weighted by atomic mass is 10.1. The summed E-state index contributed by atoms with van der Waals surface area (Å²) in [5.74, 6) is 0.684. The van der Waals surface area contributed by atoms with E-state index >= 15 is 0 Å². The Labute approximate surface area is 167 Å². The van der Waals surface area contributed by atoms with Crippen molar-refractivity contribution in [3.8, 4) is 17.6 Å². The molecule has 1 amide bonds. The molecule has 2 aromatic rings. The molecule has 0 fully saturated rings. The van der Waals surface area contributed by atoms with Gasteiger partial charge in [-0.1, -0.05) is 37.3 Å². The van der Waals surface area contributed by atoms with Crippen molar-refractivity contribution in [2.24, 2.45) is 0 Å². The zero-order valence-corrected chi connectivity index (χ0v) is 16.9. The minimum Gasteiger partial charge on any atom is -0.493 e. The third-order valence-electron chi connectivity index (χ3n) is 3.69. The number of hydrogen-bond acceptors (Lipinski definition) is 4. The predicted molar refractivity (Wildman–Crippen MR) is 108 cm³/mol. The predicted octanol–water partition coefficient (Wildman–Crippen LogP) is 4.47. The standard InChI is InChI=1S/C21H21BrN2O3/c1-3-9-24-21(25)17(13-23)10-16-11-18(22)20(19(12-16)26-2)27-14-15-7-5-4-6-8-15/h4-8,10-12H,3,9,14H2,1-2H3,(H,24,25)/b17-10-. The van der Waals surface area contributed by atoms with Crippen LogP contribution in [0.25, 0.3) is 6.08 Å². The second kappa shape index (κ2) is 10.4. The number of methoxy groups -OCH3 is 1. The second-order valence-electron chi connectivity index (χ2n) is 5.73. The van der Waals surface area contributed by atoms with E-state index in [0.717, 1.165) is 12.0 Å². The summed E-state index contributed by atoms with van der Waals surface area (Å²) in [7, 11) is 1.55. The van der Waals surface area contributed by atoms with Crippen LogP contribution in [0.2, 0.25) is 0 Å². The van der Waals surface area contributed by atoms with Gasteiger partial charge in [0, 0.05) is 6.54 Å². The Kier molecular flexibility index (Phi) is 7.90. The van der Waals surface area contributed by atoms with Gasteiger partial charge in [0.2, 0.25) is 0 Å². The maximum Gasteiger partial charge on any atom is 0.261 e. The zero-order chi connectivity index (χ0) is 19.6. The molecule has 0 radical (unpaired) electrons. The molecule has 140 valence electrons. The maximum absolute atomic E-state index is 12.0. The van der Waals surface area contributed by atoms with E-state index in [1.165, 1.54) is 6.08 Å². The molecule has 0 aliphatic carbocycles. The van der Waals surface area contributed by atoms with Crippen LogP contribution in [-0.4, -0.2) is 19.6 Å². The Morgan fingerprint density at radius 1 is 1.30 bits per heavy atom. The fourth-order valence-electron chi connectivity index (χ4n) is 2.34. The molecule has 0 saturated carbocycles. The molecule has 0 heterocycles. The Bertz CT molecular complexity index is 858. The number of nitriles is 1. The highest BCUT2D eigenvalue weighted by Crippen LogP contribution is 2.37. The van der Waals surface area contributed by atoms with Crippen LogP contribution < -0.4 is 14.8 Å². The summed E-state index contributed by atoms with van der Waals surface area (Å²) in [4.78, 5) is 12.0. The Morgan fingerprint density at radius 3 is 2.67 bits per heavy atom. The van der Waals surface area contributed by atoms with Gasteiger partial charge in [0.25, 0.3) is 5.91 Å². The van der Waals surface area contributed by atoms with E-state index in [1.54, 1.807) is 19.2 Å². The summed E-state index contributed by atoms with van der Waals surface area (Å²) in [5, 5.41) is 12.0. The number of carbonyl (C=O) groups is 1. The van der Waals surface area contributed by atoms with E-state index in [2.05, 4.69) is 21.2 Å². The van der Waals surface area contributed by atoms with Gasteiger partial charge >= 0.3 is 0 Å². The number of benzene rings is 2. The third kappa shape index (κ3) is 5.87. The van der Waals surface area contributed by atoms with Crippen molar-refractivity contribution in [3.05, 3.63) is 63.6 Å². The molecule has 0 aliphatic heterocycles. The quantitative estimate of drug-likeness (QED) is 0.497. The Balaban J connectivity index is 2.25. The molecule has 5 nitrogen and oxygen atoms in total. The first-order chi connectivity index (χ1) is 13.1. The summed E-state index contributed by atoms with van der Waals surface area (Å²) < 4.78 is 12.0. The van der Waals surface area contributed by atoms with Crippen molar-refractivity contribution >= 4 is 27.9 Å². The van der Waals surface area contributed by atoms with Gasteiger partial charge in [-0.25, -0.2) is 0 Å². The van der Waals surface area contributed by atoms with E-state index < -0.39 is 0 Å². The fraction of sp³-hybridized carbons (Fsp3) is 0.238. The first-order valence-electron chi connectivity index (χ1n) is 8.53. The first kappa shape index (κ1) is 20.5. The van der Waals surface area contributed by atoms with E-state index in [9.17, 15) is 10.1 Å². The normalized spacial score (nSPS) is 10.8. The molecular weight excluding hydrogens is 408 g/mol. The lowest BCUT2D eigenvalue weighted by Gasteiger charge is -2.14. The summed E-state index contributed by atoms with van der Waals surface area (Å²) >= 11 is 3.49. The van der Waals surface area contributed by atoms with Gasteiger partial charge in [0.15, 0.2) is 11.5 Å². The Morgan fingerprint density at radius 2 is 2.04 bits per heavy atom. The topological polar surface area (TPSA) is 71.4 Å². The monoisotopic (exact) mass is 428 g/mol. The summed E-state index contributed by atoms with van der Waals surface area (Å²) in [5.41, 5.74) is 1.74. The summed E-state index contributed by atoms with van der Waals surface area (Å²) in [6, 6.07) is 15.3. The number of ether oxygens (including phenoxy) is 2. The molecule has 0 unspecified atom stereocenters. The molecule has 0 aliphatic rings. The van der Waals surface area contributed by atoms with Crippen LogP contribution in [0.3, 0.4) is 0 Å². The largest absolute Gasteiger partial charge is 0.493 e. The molecule has 0 spiro atoms. The number of nitrogens with zero attached hydrogens (tertiary/aromatic N) is 1. The maximum atomic E-state index is 12.0. The SMILES string of the molecule is CCCNC(=O)/C(C#N)=C\c1cc(Br)c(OCc2ccccc2)c(OC)c1. The second-order valence-corrected chi connectivity index (χ2v) is 6.59. The van der Waals surface area contributed by atoms with Crippen molar-refractivity contribution in [2.75, 3.05) is 13.7 Å². The van der Waals surface area contributed by atoms with Gasteiger partial charge in [-0.05, 0) is 51.7 Å². The lowest BCUT2D eigenvalue weighted by Crippen LogP contribution is -2.25. The smallest absolute Gasteiger partial charge is 0.261 e. The van der Waals surface area contributed by atoms with Gasteiger partial charge < -0.3 is 14.8 Å². The number of carbonyl (C=O) groups excluding carboxylic acids is 1. The van der Waals surface area contributed by atoms with E-state index in [1.807, 2.05) is 43.3 Å². The number of rotatable bonds is 8. The fourth-order valence-corrected chi connectivity index (χ4v) is 2.92. The van der Waals surface area contributed by atoms with Gasteiger partial charge in [-0.15, -0.1) is 0 Å². The molecule has 0 saturated heterocycles. The average Bonchev–Trinajstić information content (AvgIpc) is 2.69. The molecular formula is C21H21BrN2O3. The molecule has 0 bridgehead atoms. The molecule has 2 aromatic carbocycles. The lowest BCUT2D eigenvalue weighted by molar-refractivity contribution is -0.117. The molecule has 0 aromatic heterocycles. The highest BCUT2D eigenvalue weighted by Gasteiger charge is 2.14. The van der Waals surface area contributed by atoms with Crippen molar-refractivity contribution in [1.29, 1.82) is 5.26 Å². The third-order valence-corrected chi connectivity index (χ3v) is 4.28. The van der Waals surface area contributed by atoms with E-state index in [-0.39, 0.29) is 11.5 Å². The molecule has 1 N–H and O–H groups in total. The van der Waals surface area contributed by atoms with Crippen molar-refractivity contribution in [1.82, 2.24) is 5.32 Å². The van der Waals surface area contributed by atoms with Crippen molar-refractivity contribution < 1.29 is 14.3 Å². The molecule has 27 heavy (non-hydrogen) atoms. The highest BCUT2D eigenvalue weighted by molar-refractivity contribution is 9.10. The molecule has 0 atom stereocenters. The van der Waals surface area contributed by atoms with Gasteiger partial charge in [-0.2, -0.15) is 5.26 Å². The summed E-state index contributed by atoms with van der Waals surface area (Å²) in [6.45, 7) is 2.87. The van der Waals surface area contributed by atoms with Crippen LogP contribution in [0, 0.1) is 11.3 Å².